The lowest BCUT2D eigenvalue weighted by atomic mass is 9.86. The van der Waals surface area contributed by atoms with Gasteiger partial charge in [-0.2, -0.15) is 0 Å². The monoisotopic (exact) mass is 1080 g/mol. The molecule has 2 aliphatic heterocycles. The van der Waals surface area contributed by atoms with E-state index in [2.05, 4.69) is 38.3 Å². The molecule has 2 aromatic carbocycles. The SMILES string of the molecule is CC(C)CNC(=O)[C@@H](C[C@H](O)[C@@H](N)CN1CC(=O)N(c2ccccc2Cl)CC1(C)C)C(C)C.CC(C)CNC(=O)[C@@H](C[C@H](O)[C@@H](N)CN1CC(=O)N(c2ccccc2Cl)CC1(C)C)C(C)C.O=C(O)/C=C/C(=O)O. The molecule has 20 heteroatoms. The summed E-state index contributed by atoms with van der Waals surface area (Å²) in [4.78, 5) is 77.8. The number of hydrogen-bond acceptors (Lipinski definition) is 12. The summed E-state index contributed by atoms with van der Waals surface area (Å²) in [5.41, 5.74) is 13.4. The van der Waals surface area contributed by atoms with Crippen LogP contribution in [0, 0.1) is 35.5 Å². The molecule has 10 N–H and O–H groups in total. The van der Waals surface area contributed by atoms with Crippen molar-refractivity contribution >= 4 is 70.1 Å². The van der Waals surface area contributed by atoms with Gasteiger partial charge in [-0.1, -0.05) is 103 Å². The highest BCUT2D eigenvalue weighted by Gasteiger charge is 2.42. The number of aliphatic hydroxyl groups is 2. The summed E-state index contributed by atoms with van der Waals surface area (Å²) in [5, 5.41) is 44.3. The van der Waals surface area contributed by atoms with Gasteiger partial charge in [0.2, 0.25) is 23.6 Å². The van der Waals surface area contributed by atoms with Crippen LogP contribution in [0.4, 0.5) is 11.4 Å². The smallest absolute Gasteiger partial charge is 0.328 e. The highest BCUT2D eigenvalue weighted by Crippen LogP contribution is 2.33. The molecule has 6 atom stereocenters. The summed E-state index contributed by atoms with van der Waals surface area (Å²) in [6, 6.07) is 13.5. The number of halogens is 2. The first-order valence-electron chi connectivity index (χ1n) is 25.5. The van der Waals surface area contributed by atoms with Crippen LogP contribution in [-0.4, -0.2) is 154 Å². The first-order chi connectivity index (χ1) is 34.3. The van der Waals surface area contributed by atoms with E-state index in [4.69, 9.17) is 44.9 Å². The summed E-state index contributed by atoms with van der Waals surface area (Å²) in [7, 11) is 0. The summed E-state index contributed by atoms with van der Waals surface area (Å²) in [6.45, 7) is 27.5. The van der Waals surface area contributed by atoms with Gasteiger partial charge in [0.15, 0.2) is 0 Å². The minimum atomic E-state index is -1.26. The zero-order valence-corrected chi connectivity index (χ0v) is 47.1. The number of nitrogens with one attached hydrogen (secondary N) is 2. The predicted octanol–water partition coefficient (Wildman–Crippen LogP) is 5.49. The van der Waals surface area contributed by atoms with Crippen molar-refractivity contribution in [2.24, 2.45) is 47.0 Å². The van der Waals surface area contributed by atoms with E-state index in [1.807, 2.05) is 102 Å². The van der Waals surface area contributed by atoms with Crippen LogP contribution in [-0.2, 0) is 28.8 Å². The standard InChI is InChI=1S/2C25H41ClN4O3.C4H4O4/c2*1-16(2)12-28-24(33)18(17(3)4)11-22(31)20(27)13-29-14-23(32)30(15-25(29,5)6)21-10-8-7-9-19(21)26;5-3(6)1-2-4(7)8/h2*7-10,16-18,20,22,31H,11-15,27H2,1-6H3,(H,28,33);1-2H,(H,5,6)(H,7,8)/b;;2-1+/t2*18-,20-,22-;/m00./s1. The van der Waals surface area contributed by atoms with E-state index in [1.165, 1.54) is 0 Å². The molecule has 2 aromatic rings. The Balaban J connectivity index is 0.000000441. The van der Waals surface area contributed by atoms with Crippen LogP contribution in [0.25, 0.3) is 0 Å². The van der Waals surface area contributed by atoms with Gasteiger partial charge in [-0.05, 0) is 88.5 Å². The van der Waals surface area contributed by atoms with Gasteiger partial charge in [0, 0.05) is 86.4 Å². The quantitative estimate of drug-likeness (QED) is 0.0678. The Hall–Kier alpha value is -4.66. The van der Waals surface area contributed by atoms with Crippen molar-refractivity contribution in [3.63, 3.8) is 0 Å². The van der Waals surface area contributed by atoms with Crippen LogP contribution >= 0.6 is 23.2 Å². The number of aliphatic carboxylic acids is 2. The number of nitrogens with two attached hydrogens (primary N) is 2. The number of carbonyl (C=O) groups is 6. The molecule has 74 heavy (non-hydrogen) atoms. The first kappa shape index (κ1) is 65.5. The van der Waals surface area contributed by atoms with E-state index in [-0.39, 0.29) is 84.3 Å². The summed E-state index contributed by atoms with van der Waals surface area (Å²) < 4.78 is 0. The average molecular weight is 1080 g/mol. The van der Waals surface area contributed by atoms with Crippen LogP contribution in [0.3, 0.4) is 0 Å². The molecule has 2 heterocycles. The van der Waals surface area contributed by atoms with Crippen LogP contribution in [0.15, 0.2) is 60.7 Å². The highest BCUT2D eigenvalue weighted by atomic mass is 35.5. The number of rotatable bonds is 22. The predicted molar refractivity (Wildman–Crippen MR) is 293 cm³/mol. The van der Waals surface area contributed by atoms with E-state index >= 15 is 0 Å². The van der Waals surface area contributed by atoms with Gasteiger partial charge in [-0.3, -0.25) is 29.0 Å². The number of anilines is 2. The second kappa shape index (κ2) is 30.2. The van der Waals surface area contributed by atoms with Crippen LogP contribution in [0.2, 0.25) is 10.0 Å². The number of carboxylic acid groups (broad SMARTS) is 2. The number of piperazine rings is 2. The lowest BCUT2D eigenvalue weighted by Crippen LogP contribution is -2.64. The summed E-state index contributed by atoms with van der Waals surface area (Å²) >= 11 is 12.6. The van der Waals surface area contributed by atoms with E-state index in [9.17, 15) is 39.0 Å². The fraction of sp³-hybridized carbons (Fsp3) is 0.630. The second-order valence-electron chi connectivity index (χ2n) is 22.2. The van der Waals surface area contributed by atoms with Crippen LogP contribution in [0.1, 0.15) is 95.9 Å². The Labute approximate surface area is 449 Å². The van der Waals surface area contributed by atoms with Crippen molar-refractivity contribution in [1.82, 2.24) is 20.4 Å². The third kappa shape index (κ3) is 21.2. The lowest BCUT2D eigenvalue weighted by molar-refractivity contribution is -0.134. The van der Waals surface area contributed by atoms with Gasteiger partial charge in [0.25, 0.3) is 0 Å². The normalized spacial score (nSPS) is 18.5. The maximum absolute atomic E-state index is 12.9. The molecule has 2 fully saturated rings. The molecule has 4 rings (SSSR count). The van der Waals surface area contributed by atoms with Gasteiger partial charge in [-0.15, -0.1) is 0 Å². The highest BCUT2D eigenvalue weighted by molar-refractivity contribution is 6.34. The molecular formula is C54H86Cl2N8O10. The topological polar surface area (TPSA) is 272 Å². The van der Waals surface area contributed by atoms with E-state index in [0.29, 0.717) is 84.7 Å². The van der Waals surface area contributed by atoms with Crippen molar-refractivity contribution in [2.75, 3.05) is 62.2 Å². The molecule has 0 radical (unpaired) electrons. The van der Waals surface area contributed by atoms with Gasteiger partial charge in [0.05, 0.1) is 46.7 Å². The number of hydrogen-bond donors (Lipinski definition) is 8. The van der Waals surface area contributed by atoms with E-state index < -0.39 is 36.2 Å². The fourth-order valence-corrected chi connectivity index (χ4v) is 8.96. The third-order valence-electron chi connectivity index (χ3n) is 13.2. The van der Waals surface area contributed by atoms with Gasteiger partial charge in [-0.25, -0.2) is 9.59 Å². The zero-order chi connectivity index (χ0) is 56.4. The minimum Gasteiger partial charge on any atom is -0.478 e. The van der Waals surface area contributed by atoms with Gasteiger partial charge in [0.1, 0.15) is 0 Å². The van der Waals surface area contributed by atoms with Crippen LogP contribution in [0.5, 0.6) is 0 Å². The molecule has 4 amide bonds. The van der Waals surface area contributed by atoms with Crippen molar-refractivity contribution < 1.29 is 49.2 Å². The molecule has 0 unspecified atom stereocenters. The van der Waals surface area contributed by atoms with Crippen molar-refractivity contribution in [3.8, 4) is 0 Å². The molecule has 0 aromatic heterocycles. The Bertz CT molecular complexity index is 2040. The molecule has 0 spiro atoms. The molecule has 2 saturated heterocycles. The zero-order valence-electron chi connectivity index (χ0n) is 45.6. The minimum absolute atomic E-state index is 0.0474. The lowest BCUT2D eigenvalue weighted by Gasteiger charge is -2.47. The third-order valence-corrected chi connectivity index (χ3v) is 13.8. The number of carboxylic acids is 2. The molecular weight excluding hydrogens is 992 g/mol. The Morgan fingerprint density at radius 1 is 0.608 bits per heavy atom. The molecule has 0 aliphatic carbocycles. The van der Waals surface area contributed by atoms with E-state index in [1.54, 1.807) is 21.9 Å². The summed E-state index contributed by atoms with van der Waals surface area (Å²) in [6.07, 6.45) is -0.0117. The molecule has 18 nitrogen and oxygen atoms in total. The number of para-hydroxylation sites is 2. The fourth-order valence-electron chi connectivity index (χ4n) is 8.48. The van der Waals surface area contributed by atoms with Gasteiger partial charge >= 0.3 is 11.9 Å². The maximum atomic E-state index is 12.9. The first-order valence-corrected chi connectivity index (χ1v) is 26.2. The number of aliphatic hydroxyl groups excluding tert-OH is 2. The summed E-state index contributed by atoms with van der Waals surface area (Å²) in [5.74, 6) is -2.49. The number of carbonyl (C=O) groups excluding carboxylic acids is 4. The van der Waals surface area contributed by atoms with Gasteiger partial charge < -0.3 is 52.3 Å². The Morgan fingerprint density at radius 3 is 1.19 bits per heavy atom. The maximum Gasteiger partial charge on any atom is 0.328 e. The average Bonchev–Trinajstić information content (AvgIpc) is 3.30. The number of benzene rings is 2. The van der Waals surface area contributed by atoms with Crippen molar-refractivity contribution in [2.45, 2.75) is 131 Å². The van der Waals surface area contributed by atoms with E-state index in [0.717, 1.165) is 0 Å². The van der Waals surface area contributed by atoms with Crippen molar-refractivity contribution in [1.29, 1.82) is 0 Å². The largest absolute Gasteiger partial charge is 0.478 e. The molecule has 2 aliphatic rings. The second-order valence-corrected chi connectivity index (χ2v) is 23.0. The van der Waals surface area contributed by atoms with Crippen LogP contribution < -0.4 is 31.9 Å². The number of amides is 4. The molecule has 0 bridgehead atoms. The molecule has 0 saturated carbocycles. The van der Waals surface area contributed by atoms with Crippen molar-refractivity contribution in [3.05, 3.63) is 70.7 Å². The molecule has 416 valence electrons. The number of nitrogens with zero attached hydrogens (tertiary/aromatic N) is 4. The Morgan fingerprint density at radius 2 is 0.919 bits per heavy atom. The Kier molecular flexibility index (Phi) is 26.7.